The smallest absolute Gasteiger partial charge is 0.101 e. The number of rotatable bonds is 2. The number of fused-ring (bicyclic) bond motifs is 6. The molecule has 4 aliphatic rings. The van der Waals surface area contributed by atoms with Gasteiger partial charge in [-0.2, -0.15) is 0 Å². The van der Waals surface area contributed by atoms with E-state index < -0.39 is 0 Å². The fourth-order valence-corrected chi connectivity index (χ4v) is 5.27. The van der Waals surface area contributed by atoms with Crippen LogP contribution in [0, 0.1) is 0 Å². The number of nitrogens with zero attached hydrogens (tertiary/aromatic N) is 2. The quantitative estimate of drug-likeness (QED) is 0.843. The van der Waals surface area contributed by atoms with E-state index in [1.54, 1.807) is 0 Å². The third-order valence-corrected chi connectivity index (χ3v) is 6.35. The maximum Gasteiger partial charge on any atom is 0.101 e. The largest absolute Gasteiger partial charge is 0.360 e. The Hall–Kier alpha value is -1.72. The topological polar surface area (TPSA) is 24.9 Å². The standard InChI is InChI=1S/C21H22N2O2/c1-3-7-16-14(5-1)9-18-20(16)22(12-24-18)11-23-13-25-19-10-15-6-2-4-8-17(15)21(19)23/h1-8,18-21H,9-13H2/t18-,19-,20+,21+/m1/s1. The Morgan fingerprint density at radius 3 is 1.72 bits per heavy atom. The normalized spacial score (nSPS) is 33.3. The van der Waals surface area contributed by atoms with E-state index in [0.717, 1.165) is 33.0 Å². The molecule has 2 fully saturated rings. The Labute approximate surface area is 147 Å². The summed E-state index contributed by atoms with van der Waals surface area (Å²) in [5.41, 5.74) is 5.80. The van der Waals surface area contributed by atoms with Gasteiger partial charge < -0.3 is 9.47 Å². The van der Waals surface area contributed by atoms with Crippen molar-refractivity contribution in [1.29, 1.82) is 0 Å². The van der Waals surface area contributed by atoms with Crippen molar-refractivity contribution in [3.63, 3.8) is 0 Å². The van der Waals surface area contributed by atoms with Gasteiger partial charge in [0.2, 0.25) is 0 Å². The monoisotopic (exact) mass is 334 g/mol. The highest BCUT2D eigenvalue weighted by Crippen LogP contribution is 2.45. The average molecular weight is 334 g/mol. The fourth-order valence-electron chi connectivity index (χ4n) is 5.27. The first-order valence-electron chi connectivity index (χ1n) is 9.25. The van der Waals surface area contributed by atoms with Gasteiger partial charge in [0.25, 0.3) is 0 Å². The van der Waals surface area contributed by atoms with E-state index in [0.29, 0.717) is 24.3 Å². The maximum atomic E-state index is 6.12. The van der Waals surface area contributed by atoms with Crippen molar-refractivity contribution < 1.29 is 9.47 Å². The predicted molar refractivity (Wildman–Crippen MR) is 93.8 cm³/mol. The molecular formula is C21H22N2O2. The van der Waals surface area contributed by atoms with E-state index in [9.17, 15) is 0 Å². The van der Waals surface area contributed by atoms with Crippen LogP contribution >= 0.6 is 0 Å². The molecule has 0 N–H and O–H groups in total. The SMILES string of the molecule is c1ccc2c(c1)C[C@H]1OCN(CN3CO[C@@H]4Cc5ccccc5[C@@H]43)[C@@H]21. The number of hydrogen-bond donors (Lipinski definition) is 0. The highest BCUT2D eigenvalue weighted by atomic mass is 16.5. The first-order chi connectivity index (χ1) is 12.4. The second kappa shape index (κ2) is 5.39. The van der Waals surface area contributed by atoms with Crippen LogP contribution in [-0.2, 0) is 22.3 Å². The summed E-state index contributed by atoms with van der Waals surface area (Å²) in [7, 11) is 0. The molecule has 4 atom stereocenters. The van der Waals surface area contributed by atoms with E-state index in [2.05, 4.69) is 58.3 Å². The molecule has 4 nitrogen and oxygen atoms in total. The van der Waals surface area contributed by atoms with Crippen LogP contribution in [0.1, 0.15) is 34.3 Å². The van der Waals surface area contributed by atoms with E-state index >= 15 is 0 Å². The summed E-state index contributed by atoms with van der Waals surface area (Å²) < 4.78 is 12.2. The molecule has 4 heteroatoms. The van der Waals surface area contributed by atoms with E-state index in [1.165, 1.54) is 22.3 Å². The molecule has 25 heavy (non-hydrogen) atoms. The van der Waals surface area contributed by atoms with Crippen molar-refractivity contribution in [3.8, 4) is 0 Å². The van der Waals surface area contributed by atoms with Crippen LogP contribution in [0.5, 0.6) is 0 Å². The molecule has 6 rings (SSSR count). The van der Waals surface area contributed by atoms with Crippen LogP contribution in [0.3, 0.4) is 0 Å². The lowest BCUT2D eigenvalue weighted by atomic mass is 10.1. The molecule has 0 spiro atoms. The van der Waals surface area contributed by atoms with Gasteiger partial charge in [0.05, 0.1) is 31.0 Å². The molecule has 2 heterocycles. The summed E-state index contributed by atoms with van der Waals surface area (Å²) in [6, 6.07) is 18.4. The number of ether oxygens (including phenoxy) is 2. The first-order valence-corrected chi connectivity index (χ1v) is 9.25. The maximum absolute atomic E-state index is 6.12. The minimum atomic E-state index is 0.313. The number of hydrogen-bond acceptors (Lipinski definition) is 4. The van der Waals surface area contributed by atoms with Crippen molar-refractivity contribution in [2.75, 3.05) is 20.1 Å². The summed E-state index contributed by atoms with van der Waals surface area (Å²) in [4.78, 5) is 4.98. The molecule has 0 bridgehead atoms. The molecule has 2 aromatic rings. The Morgan fingerprint density at radius 2 is 1.20 bits per heavy atom. The van der Waals surface area contributed by atoms with E-state index in [4.69, 9.17) is 9.47 Å². The zero-order valence-corrected chi connectivity index (χ0v) is 14.2. The molecule has 0 aromatic heterocycles. The van der Waals surface area contributed by atoms with Gasteiger partial charge in [0.1, 0.15) is 13.5 Å². The molecule has 2 aromatic carbocycles. The van der Waals surface area contributed by atoms with E-state index in [1.807, 2.05) is 0 Å². The zero-order valence-electron chi connectivity index (χ0n) is 14.2. The molecule has 2 aliphatic carbocycles. The van der Waals surface area contributed by atoms with Crippen LogP contribution in [0.4, 0.5) is 0 Å². The van der Waals surface area contributed by atoms with Crippen LogP contribution < -0.4 is 0 Å². The van der Waals surface area contributed by atoms with Gasteiger partial charge in [-0.1, -0.05) is 48.5 Å². The average Bonchev–Trinajstić information content (AvgIpc) is 3.36. The highest BCUT2D eigenvalue weighted by Gasteiger charge is 2.46. The second-order valence-electron chi connectivity index (χ2n) is 7.68. The van der Waals surface area contributed by atoms with Crippen molar-refractivity contribution in [2.24, 2.45) is 0 Å². The number of benzene rings is 2. The van der Waals surface area contributed by atoms with Crippen LogP contribution in [0.15, 0.2) is 48.5 Å². The van der Waals surface area contributed by atoms with Gasteiger partial charge in [-0.3, -0.25) is 9.80 Å². The molecular weight excluding hydrogens is 312 g/mol. The Balaban J connectivity index is 1.28. The summed E-state index contributed by atoms with van der Waals surface area (Å²) in [5.74, 6) is 0. The van der Waals surface area contributed by atoms with Gasteiger partial charge in [-0.05, 0) is 22.3 Å². The zero-order chi connectivity index (χ0) is 16.4. The van der Waals surface area contributed by atoms with Crippen molar-refractivity contribution in [1.82, 2.24) is 9.80 Å². The fraction of sp³-hybridized carbons (Fsp3) is 0.429. The molecule has 2 aliphatic heterocycles. The predicted octanol–water partition coefficient (Wildman–Crippen LogP) is 2.86. The Morgan fingerprint density at radius 1 is 0.720 bits per heavy atom. The molecule has 0 radical (unpaired) electrons. The van der Waals surface area contributed by atoms with Gasteiger partial charge in [-0.15, -0.1) is 0 Å². The lowest BCUT2D eigenvalue weighted by molar-refractivity contribution is 0.0417. The van der Waals surface area contributed by atoms with Gasteiger partial charge in [0, 0.05) is 12.8 Å². The van der Waals surface area contributed by atoms with Gasteiger partial charge >= 0.3 is 0 Å². The lowest BCUT2D eigenvalue weighted by Crippen LogP contribution is -2.38. The van der Waals surface area contributed by atoms with Gasteiger partial charge in [-0.25, -0.2) is 0 Å². The minimum absolute atomic E-state index is 0.313. The molecule has 0 amide bonds. The highest BCUT2D eigenvalue weighted by molar-refractivity contribution is 5.38. The van der Waals surface area contributed by atoms with Crippen LogP contribution in [-0.4, -0.2) is 42.1 Å². The second-order valence-corrected chi connectivity index (χ2v) is 7.68. The third-order valence-electron chi connectivity index (χ3n) is 6.35. The Bertz CT molecular complexity index is 756. The van der Waals surface area contributed by atoms with Crippen LogP contribution in [0.25, 0.3) is 0 Å². The van der Waals surface area contributed by atoms with Gasteiger partial charge in [0.15, 0.2) is 0 Å². The molecule has 128 valence electrons. The minimum Gasteiger partial charge on any atom is -0.360 e. The molecule has 0 unspecified atom stereocenters. The summed E-state index contributed by atoms with van der Waals surface area (Å²) in [6.07, 6.45) is 2.71. The summed E-state index contributed by atoms with van der Waals surface area (Å²) in [5, 5.41) is 0. The first kappa shape index (κ1) is 14.4. The summed E-state index contributed by atoms with van der Waals surface area (Å²) in [6.45, 7) is 2.35. The van der Waals surface area contributed by atoms with Crippen LogP contribution in [0.2, 0.25) is 0 Å². The molecule has 2 saturated heterocycles. The van der Waals surface area contributed by atoms with Crippen molar-refractivity contribution in [2.45, 2.75) is 37.1 Å². The van der Waals surface area contributed by atoms with Crippen molar-refractivity contribution in [3.05, 3.63) is 70.8 Å². The van der Waals surface area contributed by atoms with Crippen molar-refractivity contribution >= 4 is 0 Å². The Kier molecular flexibility index (Phi) is 3.11. The lowest BCUT2D eigenvalue weighted by Gasteiger charge is -2.30. The van der Waals surface area contributed by atoms with E-state index in [-0.39, 0.29) is 0 Å². The molecule has 0 saturated carbocycles. The third kappa shape index (κ3) is 2.09. The summed E-state index contributed by atoms with van der Waals surface area (Å²) >= 11 is 0.